The standard InChI is InChI=1S/C12H11ClFN3O2S/c1-19-9-3-2-7(4-8(9)14)5-11-16-17-12(20-11)15-10(18)6-13/h2-4H,5-6H2,1H3,(H,15,17,18). The fraction of sp³-hybridized carbons (Fsp3) is 0.250. The summed E-state index contributed by atoms with van der Waals surface area (Å²) in [6.45, 7) is 0. The lowest BCUT2D eigenvalue weighted by Gasteiger charge is -2.03. The first-order valence-corrected chi connectivity index (χ1v) is 6.98. The monoisotopic (exact) mass is 315 g/mol. The maximum absolute atomic E-state index is 13.5. The molecule has 0 radical (unpaired) electrons. The molecule has 0 spiro atoms. The molecule has 0 aliphatic heterocycles. The minimum absolute atomic E-state index is 0.140. The van der Waals surface area contributed by atoms with E-state index < -0.39 is 5.82 Å². The van der Waals surface area contributed by atoms with E-state index in [4.69, 9.17) is 16.3 Å². The summed E-state index contributed by atoms with van der Waals surface area (Å²) in [6, 6.07) is 4.69. The molecule has 2 rings (SSSR count). The van der Waals surface area contributed by atoms with E-state index >= 15 is 0 Å². The van der Waals surface area contributed by atoms with Gasteiger partial charge in [0.15, 0.2) is 11.6 Å². The zero-order chi connectivity index (χ0) is 14.5. The molecule has 1 aromatic carbocycles. The van der Waals surface area contributed by atoms with Gasteiger partial charge in [-0.15, -0.1) is 21.8 Å². The summed E-state index contributed by atoms with van der Waals surface area (Å²) < 4.78 is 18.4. The van der Waals surface area contributed by atoms with Crippen molar-refractivity contribution in [1.82, 2.24) is 10.2 Å². The number of rotatable bonds is 5. The summed E-state index contributed by atoms with van der Waals surface area (Å²) in [5, 5.41) is 11.3. The van der Waals surface area contributed by atoms with Gasteiger partial charge in [0.2, 0.25) is 11.0 Å². The van der Waals surface area contributed by atoms with Crippen molar-refractivity contribution in [2.75, 3.05) is 18.3 Å². The van der Waals surface area contributed by atoms with Crippen LogP contribution >= 0.6 is 22.9 Å². The van der Waals surface area contributed by atoms with Crippen molar-refractivity contribution in [3.8, 4) is 5.75 Å². The van der Waals surface area contributed by atoms with Crippen LogP contribution in [0, 0.1) is 5.82 Å². The summed E-state index contributed by atoms with van der Waals surface area (Å²) in [5.74, 6) is -0.713. The number of alkyl halides is 1. The molecule has 8 heteroatoms. The van der Waals surface area contributed by atoms with Crippen molar-refractivity contribution in [2.45, 2.75) is 6.42 Å². The molecule has 1 heterocycles. The number of aromatic nitrogens is 2. The zero-order valence-corrected chi connectivity index (χ0v) is 12.1. The number of carbonyl (C=O) groups excluding carboxylic acids is 1. The van der Waals surface area contributed by atoms with Crippen molar-refractivity contribution in [3.05, 3.63) is 34.6 Å². The van der Waals surface area contributed by atoms with Gasteiger partial charge in [0, 0.05) is 6.42 Å². The summed E-state index contributed by atoms with van der Waals surface area (Å²) in [5.41, 5.74) is 0.745. The topological polar surface area (TPSA) is 64.1 Å². The maximum Gasteiger partial charge on any atom is 0.241 e. The van der Waals surface area contributed by atoms with Crippen LogP contribution in [0.25, 0.3) is 0 Å². The van der Waals surface area contributed by atoms with Crippen LogP contribution in [-0.4, -0.2) is 29.1 Å². The van der Waals surface area contributed by atoms with Crippen LogP contribution in [0.4, 0.5) is 9.52 Å². The average Bonchev–Trinajstić information content (AvgIpc) is 2.86. The molecule has 2 aromatic rings. The molecule has 1 N–H and O–H groups in total. The Labute approximate surface area is 123 Å². The molecule has 0 aliphatic rings. The molecule has 1 amide bonds. The van der Waals surface area contributed by atoms with Gasteiger partial charge in [-0.1, -0.05) is 17.4 Å². The summed E-state index contributed by atoms with van der Waals surface area (Å²) in [4.78, 5) is 11.1. The first kappa shape index (κ1) is 14.7. The summed E-state index contributed by atoms with van der Waals surface area (Å²) >= 11 is 6.60. The van der Waals surface area contributed by atoms with Gasteiger partial charge in [0.05, 0.1) is 7.11 Å². The van der Waals surface area contributed by atoms with E-state index in [-0.39, 0.29) is 17.5 Å². The average molecular weight is 316 g/mol. The number of methoxy groups -OCH3 is 1. The van der Waals surface area contributed by atoms with Gasteiger partial charge in [-0.05, 0) is 17.7 Å². The second-order valence-corrected chi connectivity index (χ2v) is 5.16. The molecule has 0 aliphatic carbocycles. The molecule has 0 unspecified atom stereocenters. The smallest absolute Gasteiger partial charge is 0.241 e. The number of anilines is 1. The van der Waals surface area contributed by atoms with Gasteiger partial charge in [0.25, 0.3) is 0 Å². The molecule has 0 saturated carbocycles. The lowest BCUT2D eigenvalue weighted by atomic mass is 10.1. The van der Waals surface area contributed by atoms with Crippen LogP contribution in [0.1, 0.15) is 10.6 Å². The Bertz CT molecular complexity index is 620. The predicted molar refractivity (Wildman–Crippen MR) is 75.0 cm³/mol. The minimum atomic E-state index is -0.426. The molecular formula is C12H11ClFN3O2S. The molecule has 0 bridgehead atoms. The van der Waals surface area contributed by atoms with Crippen LogP contribution < -0.4 is 10.1 Å². The van der Waals surface area contributed by atoms with Gasteiger partial charge in [-0.3, -0.25) is 10.1 Å². The first-order chi connectivity index (χ1) is 9.62. The van der Waals surface area contributed by atoms with Crippen molar-refractivity contribution in [3.63, 3.8) is 0 Å². The van der Waals surface area contributed by atoms with E-state index in [0.29, 0.717) is 16.6 Å². The maximum atomic E-state index is 13.5. The highest BCUT2D eigenvalue weighted by Gasteiger charge is 2.09. The van der Waals surface area contributed by atoms with E-state index in [0.717, 1.165) is 5.56 Å². The number of hydrogen-bond donors (Lipinski definition) is 1. The fourth-order valence-corrected chi connectivity index (χ4v) is 2.38. The van der Waals surface area contributed by atoms with Crippen LogP contribution in [-0.2, 0) is 11.2 Å². The second-order valence-electron chi connectivity index (χ2n) is 3.83. The Morgan fingerprint density at radius 3 is 2.95 bits per heavy atom. The van der Waals surface area contributed by atoms with Crippen molar-refractivity contribution >= 4 is 34.0 Å². The lowest BCUT2D eigenvalue weighted by Crippen LogP contribution is -2.12. The number of hydrogen-bond acceptors (Lipinski definition) is 5. The van der Waals surface area contributed by atoms with Crippen molar-refractivity contribution < 1.29 is 13.9 Å². The highest BCUT2D eigenvalue weighted by atomic mass is 35.5. The van der Waals surface area contributed by atoms with E-state index in [1.54, 1.807) is 12.1 Å². The molecule has 5 nitrogen and oxygen atoms in total. The van der Waals surface area contributed by atoms with Crippen molar-refractivity contribution in [2.24, 2.45) is 0 Å². The molecule has 0 saturated heterocycles. The number of halogens is 2. The molecule has 106 valence electrons. The van der Waals surface area contributed by atoms with E-state index in [1.807, 2.05) is 0 Å². The van der Waals surface area contributed by atoms with Gasteiger partial charge in [-0.2, -0.15) is 0 Å². The second kappa shape index (κ2) is 6.62. The molecule has 20 heavy (non-hydrogen) atoms. The normalized spacial score (nSPS) is 10.3. The third-order valence-corrected chi connectivity index (χ3v) is 3.49. The number of nitrogens with one attached hydrogen (secondary N) is 1. The van der Waals surface area contributed by atoms with E-state index in [9.17, 15) is 9.18 Å². The summed E-state index contributed by atoms with van der Waals surface area (Å²) in [6.07, 6.45) is 0.426. The zero-order valence-electron chi connectivity index (χ0n) is 10.5. The molecule has 0 atom stereocenters. The third-order valence-electron chi connectivity index (χ3n) is 2.41. The fourth-order valence-electron chi connectivity index (χ4n) is 1.52. The molecule has 0 fully saturated rings. The van der Waals surface area contributed by atoms with Gasteiger partial charge in [0.1, 0.15) is 10.9 Å². The quantitative estimate of drug-likeness (QED) is 0.861. The van der Waals surface area contributed by atoms with Crippen LogP contribution in [0.2, 0.25) is 0 Å². The van der Waals surface area contributed by atoms with E-state index in [1.165, 1.54) is 24.5 Å². The van der Waals surface area contributed by atoms with Gasteiger partial charge < -0.3 is 4.74 Å². The third kappa shape index (κ3) is 3.64. The Kier molecular flexibility index (Phi) is 4.86. The first-order valence-electron chi connectivity index (χ1n) is 5.63. The highest BCUT2D eigenvalue weighted by molar-refractivity contribution is 7.15. The number of carbonyl (C=O) groups is 1. The number of benzene rings is 1. The number of ether oxygens (including phenoxy) is 1. The minimum Gasteiger partial charge on any atom is -0.494 e. The lowest BCUT2D eigenvalue weighted by molar-refractivity contribution is -0.113. The van der Waals surface area contributed by atoms with Crippen LogP contribution in [0.15, 0.2) is 18.2 Å². The van der Waals surface area contributed by atoms with Crippen molar-refractivity contribution in [1.29, 1.82) is 0 Å². The Morgan fingerprint density at radius 1 is 1.50 bits per heavy atom. The molecular weight excluding hydrogens is 305 g/mol. The highest BCUT2D eigenvalue weighted by Crippen LogP contribution is 2.22. The van der Waals surface area contributed by atoms with E-state index in [2.05, 4.69) is 15.5 Å². The molecule has 1 aromatic heterocycles. The Balaban J connectivity index is 2.06. The Hall–Kier alpha value is -1.73. The largest absolute Gasteiger partial charge is 0.494 e. The summed E-state index contributed by atoms with van der Waals surface area (Å²) in [7, 11) is 1.41. The SMILES string of the molecule is COc1ccc(Cc2nnc(NC(=O)CCl)s2)cc1F. The van der Waals surface area contributed by atoms with Gasteiger partial charge in [-0.25, -0.2) is 4.39 Å². The Morgan fingerprint density at radius 2 is 2.30 bits per heavy atom. The predicted octanol–water partition coefficient (Wildman–Crippen LogP) is 2.45. The van der Waals surface area contributed by atoms with Gasteiger partial charge >= 0.3 is 0 Å². The number of nitrogens with zero attached hydrogens (tertiary/aromatic N) is 2. The van der Waals surface area contributed by atoms with Crippen LogP contribution in [0.3, 0.4) is 0 Å². The van der Waals surface area contributed by atoms with Crippen LogP contribution in [0.5, 0.6) is 5.75 Å². The number of amides is 1.